The summed E-state index contributed by atoms with van der Waals surface area (Å²) < 4.78 is 0. The Morgan fingerprint density at radius 1 is 0.917 bits per heavy atom. The summed E-state index contributed by atoms with van der Waals surface area (Å²) in [5.41, 5.74) is 12.0. The fourth-order valence-corrected chi connectivity index (χ4v) is 2.18. The van der Waals surface area contributed by atoms with Gasteiger partial charge in [-0.3, -0.25) is 9.59 Å². The summed E-state index contributed by atoms with van der Waals surface area (Å²) in [4.78, 5) is 34.6. The highest BCUT2D eigenvalue weighted by atomic mass is 16.2. The van der Waals surface area contributed by atoms with Crippen molar-refractivity contribution in [2.45, 2.75) is 12.5 Å². The van der Waals surface area contributed by atoms with Crippen LogP contribution in [0.5, 0.6) is 0 Å². The number of primary amides is 2. The molecule has 0 aliphatic heterocycles. The van der Waals surface area contributed by atoms with Gasteiger partial charge in [0.15, 0.2) is 0 Å². The number of nitrogens with two attached hydrogens (primary N) is 2. The number of amides is 4. The summed E-state index contributed by atoms with van der Waals surface area (Å²) in [6.07, 6.45) is 0.301. The first-order chi connectivity index (χ1) is 11.5. The van der Waals surface area contributed by atoms with E-state index >= 15 is 0 Å². The Morgan fingerprint density at radius 3 is 2.08 bits per heavy atom. The molecule has 0 saturated carbocycles. The van der Waals surface area contributed by atoms with Crippen LogP contribution in [0.2, 0.25) is 0 Å². The summed E-state index contributed by atoms with van der Waals surface area (Å²) in [7, 11) is 0. The second-order valence-electron chi connectivity index (χ2n) is 5.18. The fourth-order valence-electron chi connectivity index (χ4n) is 2.18. The van der Waals surface area contributed by atoms with Crippen LogP contribution in [0, 0.1) is 0 Å². The van der Waals surface area contributed by atoms with Crippen molar-refractivity contribution in [2.75, 3.05) is 5.32 Å². The Labute approximate surface area is 139 Å². The molecule has 0 bridgehead atoms. The third kappa shape index (κ3) is 4.84. The van der Waals surface area contributed by atoms with Crippen molar-refractivity contribution < 1.29 is 14.4 Å². The normalized spacial score (nSPS) is 11.3. The van der Waals surface area contributed by atoms with E-state index in [1.165, 1.54) is 12.1 Å². The molecule has 0 aliphatic rings. The Bertz CT molecular complexity index is 729. The van der Waals surface area contributed by atoms with Crippen molar-refractivity contribution >= 4 is 23.5 Å². The highest BCUT2D eigenvalue weighted by Crippen LogP contribution is 2.11. The molecule has 7 nitrogen and oxygen atoms in total. The van der Waals surface area contributed by atoms with E-state index in [9.17, 15) is 14.4 Å². The van der Waals surface area contributed by atoms with Gasteiger partial charge in [0, 0.05) is 17.7 Å². The molecule has 2 rings (SSSR count). The molecular formula is C17H18N4O3. The van der Waals surface area contributed by atoms with Crippen LogP contribution in [-0.2, 0) is 11.2 Å². The molecule has 2 aromatic rings. The number of hydrogen-bond donors (Lipinski definition) is 4. The zero-order chi connectivity index (χ0) is 17.5. The first-order valence-electron chi connectivity index (χ1n) is 7.26. The van der Waals surface area contributed by atoms with Crippen LogP contribution >= 0.6 is 0 Å². The van der Waals surface area contributed by atoms with Crippen LogP contribution in [0.1, 0.15) is 15.9 Å². The van der Waals surface area contributed by atoms with E-state index in [0.717, 1.165) is 5.56 Å². The minimum Gasteiger partial charge on any atom is -0.366 e. The molecule has 2 aromatic carbocycles. The van der Waals surface area contributed by atoms with Crippen molar-refractivity contribution in [1.82, 2.24) is 5.32 Å². The molecular weight excluding hydrogens is 308 g/mol. The molecule has 4 amide bonds. The van der Waals surface area contributed by atoms with Gasteiger partial charge in [0.2, 0.25) is 11.8 Å². The van der Waals surface area contributed by atoms with Gasteiger partial charge in [-0.05, 0) is 29.8 Å². The zero-order valence-corrected chi connectivity index (χ0v) is 12.9. The number of hydrogen-bond acceptors (Lipinski definition) is 3. The first kappa shape index (κ1) is 17.0. The van der Waals surface area contributed by atoms with Gasteiger partial charge in [0.05, 0.1) is 0 Å². The van der Waals surface area contributed by atoms with E-state index in [1.54, 1.807) is 12.1 Å². The van der Waals surface area contributed by atoms with Gasteiger partial charge in [-0.1, -0.05) is 30.3 Å². The maximum absolute atomic E-state index is 12.4. The van der Waals surface area contributed by atoms with Gasteiger partial charge in [0.1, 0.15) is 6.04 Å². The van der Waals surface area contributed by atoms with E-state index < -0.39 is 23.9 Å². The van der Waals surface area contributed by atoms with Gasteiger partial charge in [-0.2, -0.15) is 0 Å². The number of anilines is 1. The average Bonchev–Trinajstić information content (AvgIpc) is 2.55. The number of nitrogens with one attached hydrogen (secondary N) is 2. The third-order valence-electron chi connectivity index (χ3n) is 3.35. The van der Waals surface area contributed by atoms with Gasteiger partial charge < -0.3 is 22.1 Å². The first-order valence-corrected chi connectivity index (χ1v) is 7.26. The van der Waals surface area contributed by atoms with Crippen molar-refractivity contribution in [3.63, 3.8) is 0 Å². The minimum atomic E-state index is -0.819. The molecule has 1 atom stereocenters. The Hall–Kier alpha value is -3.35. The van der Waals surface area contributed by atoms with Crippen LogP contribution in [0.15, 0.2) is 54.6 Å². The van der Waals surface area contributed by atoms with E-state index in [0.29, 0.717) is 17.7 Å². The highest BCUT2D eigenvalue weighted by Gasteiger charge is 2.20. The van der Waals surface area contributed by atoms with Gasteiger partial charge in [-0.15, -0.1) is 0 Å². The molecule has 0 saturated heterocycles. The Morgan fingerprint density at radius 2 is 1.54 bits per heavy atom. The maximum Gasteiger partial charge on any atom is 0.312 e. The van der Waals surface area contributed by atoms with E-state index in [-0.39, 0.29) is 0 Å². The predicted molar refractivity (Wildman–Crippen MR) is 90.2 cm³/mol. The van der Waals surface area contributed by atoms with E-state index in [4.69, 9.17) is 11.5 Å². The van der Waals surface area contributed by atoms with Crippen LogP contribution in [0.3, 0.4) is 0 Å². The largest absolute Gasteiger partial charge is 0.366 e. The predicted octanol–water partition coefficient (Wildman–Crippen LogP) is 1.00. The average molecular weight is 326 g/mol. The lowest BCUT2D eigenvalue weighted by atomic mass is 10.1. The lowest BCUT2D eigenvalue weighted by molar-refractivity contribution is -0.117. The zero-order valence-electron chi connectivity index (χ0n) is 12.9. The number of carbonyl (C=O) groups excluding carboxylic acids is 3. The molecule has 0 radical (unpaired) electrons. The summed E-state index contributed by atoms with van der Waals surface area (Å²) in [5.74, 6) is -0.963. The van der Waals surface area contributed by atoms with Crippen molar-refractivity contribution in [3.8, 4) is 0 Å². The van der Waals surface area contributed by atoms with Crippen LogP contribution in [-0.4, -0.2) is 23.9 Å². The SMILES string of the molecule is NC(=O)NC(Cc1ccccc1)C(=O)Nc1ccc(C(N)=O)cc1. The molecule has 1 unspecified atom stereocenters. The number of rotatable bonds is 6. The summed E-state index contributed by atoms with van der Waals surface area (Å²) >= 11 is 0. The topological polar surface area (TPSA) is 127 Å². The summed E-state index contributed by atoms with van der Waals surface area (Å²) in [6.45, 7) is 0. The number of benzene rings is 2. The summed E-state index contributed by atoms with van der Waals surface area (Å²) in [5, 5.41) is 5.10. The molecule has 7 heteroatoms. The second-order valence-corrected chi connectivity index (χ2v) is 5.18. The lowest BCUT2D eigenvalue weighted by Crippen LogP contribution is -2.47. The van der Waals surface area contributed by atoms with Crippen LogP contribution in [0.4, 0.5) is 10.5 Å². The molecule has 124 valence electrons. The molecule has 0 aromatic heterocycles. The molecule has 0 spiro atoms. The molecule has 0 fully saturated rings. The Balaban J connectivity index is 2.09. The Kier molecular flexibility index (Phi) is 5.51. The monoisotopic (exact) mass is 326 g/mol. The number of carbonyl (C=O) groups is 3. The second kappa shape index (κ2) is 7.77. The maximum atomic E-state index is 12.4. The standard InChI is InChI=1S/C17H18N4O3/c18-15(22)12-6-8-13(9-7-12)20-16(23)14(21-17(19)24)10-11-4-2-1-3-5-11/h1-9,14H,10H2,(H2,18,22)(H,20,23)(H3,19,21,24). The van der Waals surface area contributed by atoms with E-state index in [1.807, 2.05) is 30.3 Å². The molecule has 6 N–H and O–H groups in total. The van der Waals surface area contributed by atoms with Crippen molar-refractivity contribution in [1.29, 1.82) is 0 Å². The highest BCUT2D eigenvalue weighted by molar-refractivity contribution is 5.98. The fraction of sp³-hybridized carbons (Fsp3) is 0.118. The van der Waals surface area contributed by atoms with Crippen molar-refractivity contribution in [3.05, 3.63) is 65.7 Å². The van der Waals surface area contributed by atoms with Crippen LogP contribution in [0.25, 0.3) is 0 Å². The van der Waals surface area contributed by atoms with Crippen molar-refractivity contribution in [2.24, 2.45) is 11.5 Å². The van der Waals surface area contributed by atoms with Gasteiger partial charge in [0.25, 0.3) is 0 Å². The van der Waals surface area contributed by atoms with E-state index in [2.05, 4.69) is 10.6 Å². The lowest BCUT2D eigenvalue weighted by Gasteiger charge is -2.17. The quantitative estimate of drug-likeness (QED) is 0.632. The van der Waals surface area contributed by atoms with Crippen LogP contribution < -0.4 is 22.1 Å². The third-order valence-corrected chi connectivity index (χ3v) is 3.35. The molecule has 24 heavy (non-hydrogen) atoms. The number of urea groups is 1. The van der Waals surface area contributed by atoms with Gasteiger partial charge in [-0.25, -0.2) is 4.79 Å². The molecule has 0 aliphatic carbocycles. The summed E-state index contributed by atoms with van der Waals surface area (Å²) in [6, 6.07) is 13.8. The molecule has 0 heterocycles. The minimum absolute atomic E-state index is 0.301. The van der Waals surface area contributed by atoms with Gasteiger partial charge >= 0.3 is 6.03 Å². The smallest absolute Gasteiger partial charge is 0.312 e.